The van der Waals surface area contributed by atoms with Gasteiger partial charge in [0.15, 0.2) is 0 Å². The summed E-state index contributed by atoms with van der Waals surface area (Å²) in [7, 11) is 0. The number of rotatable bonds is 5. The highest BCUT2D eigenvalue weighted by atomic mass is 32.1. The van der Waals surface area contributed by atoms with Crippen molar-refractivity contribution in [2.75, 3.05) is 0 Å². The van der Waals surface area contributed by atoms with Gasteiger partial charge in [-0.3, -0.25) is 4.99 Å². The van der Waals surface area contributed by atoms with Gasteiger partial charge in [0.05, 0.1) is 18.0 Å². The molecule has 0 aliphatic heterocycles. The van der Waals surface area contributed by atoms with E-state index in [0.717, 1.165) is 5.56 Å². The number of benzene rings is 3. The predicted molar refractivity (Wildman–Crippen MR) is 121 cm³/mol. The van der Waals surface area contributed by atoms with Crippen molar-refractivity contribution >= 4 is 17.0 Å². The van der Waals surface area contributed by atoms with Crippen molar-refractivity contribution in [3.05, 3.63) is 99.9 Å². The van der Waals surface area contributed by atoms with E-state index in [2.05, 4.69) is 10.1 Å². The van der Waals surface area contributed by atoms with Crippen LogP contribution in [0.3, 0.4) is 0 Å². The molecule has 3 aromatic carbocycles. The van der Waals surface area contributed by atoms with Crippen LogP contribution in [0.4, 0.5) is 4.39 Å². The average molecular weight is 434 g/mol. The van der Waals surface area contributed by atoms with Crippen molar-refractivity contribution in [2.45, 2.75) is 13.5 Å². The van der Waals surface area contributed by atoms with Gasteiger partial charge < -0.3 is 10.2 Å². The van der Waals surface area contributed by atoms with Crippen LogP contribution in [0.25, 0.3) is 11.3 Å². The van der Waals surface area contributed by atoms with Gasteiger partial charge in [0.1, 0.15) is 17.3 Å². The highest BCUT2D eigenvalue weighted by Gasteiger charge is 2.13. The third-order valence-electron chi connectivity index (χ3n) is 4.70. The van der Waals surface area contributed by atoms with Gasteiger partial charge in [0.2, 0.25) is 4.80 Å². The lowest BCUT2D eigenvalue weighted by molar-refractivity contribution is 0.450. The SMILES string of the molecule is CC(=Nn1c(-c2ccccc2F)csc1=NCc1ccccc1)c1ccc(O)cc1O. The Bertz CT molecular complexity index is 1310. The molecule has 4 rings (SSSR count). The van der Waals surface area contributed by atoms with Gasteiger partial charge in [-0.05, 0) is 36.8 Å². The summed E-state index contributed by atoms with van der Waals surface area (Å²) in [5.41, 5.74) is 2.98. The van der Waals surface area contributed by atoms with Crippen LogP contribution >= 0.6 is 11.3 Å². The molecule has 0 saturated carbocycles. The van der Waals surface area contributed by atoms with E-state index < -0.39 is 0 Å². The van der Waals surface area contributed by atoms with Crippen molar-refractivity contribution in [1.29, 1.82) is 0 Å². The minimum Gasteiger partial charge on any atom is -0.508 e. The maximum Gasteiger partial charge on any atom is 0.206 e. The summed E-state index contributed by atoms with van der Waals surface area (Å²) < 4.78 is 16.1. The van der Waals surface area contributed by atoms with Crippen LogP contribution in [-0.2, 0) is 6.54 Å². The Morgan fingerprint density at radius 1 is 1.00 bits per heavy atom. The fraction of sp³-hybridized carbons (Fsp3) is 0.0833. The lowest BCUT2D eigenvalue weighted by Gasteiger charge is -2.08. The zero-order chi connectivity index (χ0) is 21.8. The average Bonchev–Trinajstić information content (AvgIpc) is 3.15. The Kier molecular flexibility index (Phi) is 5.95. The third-order valence-corrected chi connectivity index (χ3v) is 5.55. The van der Waals surface area contributed by atoms with E-state index in [-0.39, 0.29) is 17.3 Å². The lowest BCUT2D eigenvalue weighted by atomic mass is 10.1. The van der Waals surface area contributed by atoms with Crippen molar-refractivity contribution in [2.24, 2.45) is 10.1 Å². The van der Waals surface area contributed by atoms with Crippen LogP contribution in [0.2, 0.25) is 0 Å². The molecule has 31 heavy (non-hydrogen) atoms. The first kappa shape index (κ1) is 20.6. The number of aromatic hydroxyl groups is 2. The zero-order valence-corrected chi connectivity index (χ0v) is 17.6. The number of nitrogens with zero attached hydrogens (tertiary/aromatic N) is 3. The summed E-state index contributed by atoms with van der Waals surface area (Å²) in [6, 6.07) is 20.6. The smallest absolute Gasteiger partial charge is 0.206 e. The fourth-order valence-electron chi connectivity index (χ4n) is 3.13. The normalized spacial score (nSPS) is 12.3. The summed E-state index contributed by atoms with van der Waals surface area (Å²) in [4.78, 5) is 5.28. The summed E-state index contributed by atoms with van der Waals surface area (Å²) in [6.07, 6.45) is 0. The molecule has 0 aliphatic carbocycles. The van der Waals surface area contributed by atoms with E-state index in [1.54, 1.807) is 35.9 Å². The first-order valence-corrected chi connectivity index (χ1v) is 10.5. The molecule has 1 heterocycles. The molecule has 4 aromatic rings. The Morgan fingerprint density at radius 3 is 2.48 bits per heavy atom. The molecule has 0 unspecified atom stereocenters. The largest absolute Gasteiger partial charge is 0.508 e. The third kappa shape index (κ3) is 4.57. The fourth-order valence-corrected chi connectivity index (χ4v) is 3.95. The number of phenolic OH excluding ortho intramolecular Hbond substituents is 2. The highest BCUT2D eigenvalue weighted by molar-refractivity contribution is 7.07. The van der Waals surface area contributed by atoms with Crippen molar-refractivity contribution in [1.82, 2.24) is 4.68 Å². The molecular formula is C24H20FN3O2S. The maximum absolute atomic E-state index is 14.5. The van der Waals surface area contributed by atoms with Crippen molar-refractivity contribution in [3.63, 3.8) is 0 Å². The van der Waals surface area contributed by atoms with Crippen LogP contribution in [0.1, 0.15) is 18.1 Å². The van der Waals surface area contributed by atoms with E-state index in [1.807, 2.05) is 35.7 Å². The standard InChI is InChI=1S/C24H20FN3O2S/c1-16(19-12-11-18(29)13-23(19)30)27-28-22(20-9-5-6-10-21(20)25)15-31-24(28)26-14-17-7-3-2-4-8-17/h2-13,15,29-30H,14H2,1H3. The van der Waals surface area contributed by atoms with Gasteiger partial charge in [-0.1, -0.05) is 42.5 Å². The van der Waals surface area contributed by atoms with Crippen LogP contribution in [-0.4, -0.2) is 20.6 Å². The Hall–Kier alpha value is -3.71. The molecule has 0 aliphatic rings. The molecule has 0 fully saturated rings. The second-order valence-electron chi connectivity index (χ2n) is 6.88. The first-order valence-electron chi connectivity index (χ1n) is 9.60. The second-order valence-corrected chi connectivity index (χ2v) is 7.72. The van der Waals surface area contributed by atoms with Gasteiger partial charge in [0, 0.05) is 22.6 Å². The van der Waals surface area contributed by atoms with E-state index >= 15 is 0 Å². The van der Waals surface area contributed by atoms with Gasteiger partial charge in [-0.2, -0.15) is 5.10 Å². The number of hydrogen-bond acceptors (Lipinski definition) is 5. The number of thiazole rings is 1. The molecule has 2 N–H and O–H groups in total. The summed E-state index contributed by atoms with van der Waals surface area (Å²) in [6.45, 7) is 2.19. The first-order chi connectivity index (χ1) is 15.0. The molecule has 0 spiro atoms. The van der Waals surface area contributed by atoms with Crippen molar-refractivity contribution < 1.29 is 14.6 Å². The maximum atomic E-state index is 14.5. The summed E-state index contributed by atoms with van der Waals surface area (Å²) >= 11 is 1.36. The number of halogens is 1. The van der Waals surface area contributed by atoms with Gasteiger partial charge in [0.25, 0.3) is 0 Å². The van der Waals surface area contributed by atoms with Crippen LogP contribution in [0.5, 0.6) is 11.5 Å². The van der Waals surface area contributed by atoms with E-state index in [4.69, 9.17) is 0 Å². The quantitative estimate of drug-likeness (QED) is 0.428. The number of phenols is 2. The van der Waals surface area contributed by atoms with E-state index in [0.29, 0.717) is 33.9 Å². The van der Waals surface area contributed by atoms with E-state index in [9.17, 15) is 14.6 Å². The molecule has 0 radical (unpaired) electrons. The van der Waals surface area contributed by atoms with Crippen molar-refractivity contribution in [3.8, 4) is 22.8 Å². The van der Waals surface area contributed by atoms with Gasteiger partial charge in [-0.25, -0.2) is 9.07 Å². The molecular weight excluding hydrogens is 413 g/mol. The monoisotopic (exact) mass is 433 g/mol. The number of aromatic nitrogens is 1. The zero-order valence-electron chi connectivity index (χ0n) is 16.7. The van der Waals surface area contributed by atoms with Gasteiger partial charge >= 0.3 is 0 Å². The minimum absolute atomic E-state index is 0.0390. The molecule has 0 atom stereocenters. The highest BCUT2D eigenvalue weighted by Crippen LogP contribution is 2.26. The molecule has 0 saturated heterocycles. The molecule has 0 amide bonds. The van der Waals surface area contributed by atoms with Crippen LogP contribution in [0.15, 0.2) is 88.3 Å². The van der Waals surface area contributed by atoms with Crippen LogP contribution in [0, 0.1) is 5.82 Å². The summed E-state index contributed by atoms with van der Waals surface area (Å²) in [5, 5.41) is 26.2. The second kappa shape index (κ2) is 8.97. The Morgan fingerprint density at radius 2 is 1.74 bits per heavy atom. The number of hydrogen-bond donors (Lipinski definition) is 2. The molecule has 156 valence electrons. The molecule has 5 nitrogen and oxygen atoms in total. The summed E-state index contributed by atoms with van der Waals surface area (Å²) in [5.74, 6) is -0.487. The minimum atomic E-state index is -0.357. The lowest BCUT2D eigenvalue weighted by Crippen LogP contribution is -2.15. The Labute approximate surface area is 182 Å². The predicted octanol–water partition coefficient (Wildman–Crippen LogP) is 5.14. The molecule has 7 heteroatoms. The van der Waals surface area contributed by atoms with E-state index in [1.165, 1.54) is 29.5 Å². The van der Waals surface area contributed by atoms with Gasteiger partial charge in [-0.15, -0.1) is 11.3 Å². The topological polar surface area (TPSA) is 70.1 Å². The van der Waals surface area contributed by atoms with Crippen LogP contribution < -0.4 is 4.80 Å². The Balaban J connectivity index is 1.85. The molecule has 1 aromatic heterocycles. The molecule has 0 bridgehead atoms.